The van der Waals surface area contributed by atoms with Crippen molar-refractivity contribution >= 4 is 27.5 Å². The van der Waals surface area contributed by atoms with Crippen molar-refractivity contribution in [1.29, 1.82) is 0 Å². The van der Waals surface area contributed by atoms with Gasteiger partial charge in [-0.15, -0.1) is 0 Å². The molecule has 0 aliphatic heterocycles. The Kier molecular flexibility index (Phi) is 2.61. The molecule has 1 aromatic heterocycles. The van der Waals surface area contributed by atoms with E-state index in [2.05, 4.69) is 25.9 Å². The van der Waals surface area contributed by atoms with Crippen molar-refractivity contribution in [3.63, 3.8) is 0 Å². The van der Waals surface area contributed by atoms with Gasteiger partial charge in [0.25, 0.3) is 0 Å². The number of rotatable bonds is 1. The van der Waals surface area contributed by atoms with Crippen LogP contribution in [-0.4, -0.2) is 9.97 Å². The minimum absolute atomic E-state index is 0.691. The van der Waals surface area contributed by atoms with E-state index in [0.717, 1.165) is 21.6 Å². The fourth-order valence-corrected chi connectivity index (χ4v) is 1.63. The molecular weight excluding hydrogens is 263 g/mol. The predicted octanol–water partition coefficient (Wildman–Crippen LogP) is 3.80. The molecule has 0 unspecified atom stereocenters. The number of nitrogens with zero attached hydrogens (tertiary/aromatic N) is 1. The Morgan fingerprint density at radius 1 is 1.43 bits per heavy atom. The van der Waals surface area contributed by atoms with Gasteiger partial charge < -0.3 is 4.98 Å². The third-order valence-corrected chi connectivity index (χ3v) is 3.13. The lowest BCUT2D eigenvalue weighted by Crippen LogP contribution is -1.81. The van der Waals surface area contributed by atoms with Crippen LogP contribution in [0.25, 0.3) is 11.4 Å². The number of aryl methyl sites for hydroxylation is 1. The zero-order chi connectivity index (χ0) is 10.1. The number of aromatic amines is 1. The molecule has 1 N–H and O–H groups in total. The number of benzene rings is 1. The number of hydrogen-bond acceptors (Lipinski definition) is 1. The Morgan fingerprint density at radius 2 is 2.21 bits per heavy atom. The van der Waals surface area contributed by atoms with Gasteiger partial charge in [0.1, 0.15) is 5.82 Å². The van der Waals surface area contributed by atoms with E-state index in [1.807, 2.05) is 25.1 Å². The summed E-state index contributed by atoms with van der Waals surface area (Å²) in [6, 6.07) is 5.76. The monoisotopic (exact) mass is 270 g/mol. The molecule has 1 aromatic carbocycles. The average molecular weight is 272 g/mol. The van der Waals surface area contributed by atoms with E-state index in [4.69, 9.17) is 11.6 Å². The summed E-state index contributed by atoms with van der Waals surface area (Å²) in [5, 5.41) is 0.691. The lowest BCUT2D eigenvalue weighted by atomic mass is 10.2. The zero-order valence-electron chi connectivity index (χ0n) is 7.51. The van der Waals surface area contributed by atoms with Crippen molar-refractivity contribution in [1.82, 2.24) is 9.97 Å². The normalized spacial score (nSPS) is 10.5. The van der Waals surface area contributed by atoms with E-state index < -0.39 is 0 Å². The molecule has 14 heavy (non-hydrogen) atoms. The smallest absolute Gasteiger partial charge is 0.137 e. The highest BCUT2D eigenvalue weighted by Crippen LogP contribution is 2.27. The van der Waals surface area contributed by atoms with Crippen LogP contribution in [0, 0.1) is 6.92 Å². The molecule has 4 heteroatoms. The molecule has 2 nitrogen and oxygen atoms in total. The molecule has 0 aliphatic carbocycles. The summed E-state index contributed by atoms with van der Waals surface area (Å²) in [6.45, 7) is 1.97. The highest BCUT2D eigenvalue weighted by Gasteiger charge is 2.03. The number of hydrogen-bond donors (Lipinski definition) is 1. The largest absolute Gasteiger partial charge is 0.342 e. The van der Waals surface area contributed by atoms with E-state index >= 15 is 0 Å². The maximum absolute atomic E-state index is 5.98. The first kappa shape index (κ1) is 9.74. The van der Waals surface area contributed by atoms with E-state index in [0.29, 0.717) is 5.02 Å². The van der Waals surface area contributed by atoms with Gasteiger partial charge in [0.15, 0.2) is 0 Å². The summed E-state index contributed by atoms with van der Waals surface area (Å²) < 4.78 is 0.895. The summed E-state index contributed by atoms with van der Waals surface area (Å²) in [4.78, 5) is 7.38. The lowest BCUT2D eigenvalue weighted by Gasteiger charge is -1.99. The summed E-state index contributed by atoms with van der Waals surface area (Å²) in [5.41, 5.74) is 2.03. The van der Waals surface area contributed by atoms with E-state index in [1.165, 1.54) is 0 Å². The molecule has 0 saturated carbocycles. The molecule has 0 aliphatic rings. The fraction of sp³-hybridized carbons (Fsp3) is 0.100. The van der Waals surface area contributed by atoms with Crippen molar-refractivity contribution in [2.45, 2.75) is 6.92 Å². The summed E-state index contributed by atoms with van der Waals surface area (Å²) in [7, 11) is 0. The van der Waals surface area contributed by atoms with Gasteiger partial charge in [0.2, 0.25) is 0 Å². The molecule has 0 spiro atoms. The fourth-order valence-electron chi connectivity index (χ4n) is 1.20. The Bertz CT molecular complexity index is 465. The van der Waals surface area contributed by atoms with Crippen molar-refractivity contribution in [2.24, 2.45) is 0 Å². The van der Waals surface area contributed by atoms with E-state index in [9.17, 15) is 0 Å². The van der Waals surface area contributed by atoms with Crippen molar-refractivity contribution in [2.75, 3.05) is 0 Å². The maximum atomic E-state index is 5.98. The van der Waals surface area contributed by atoms with Crippen molar-refractivity contribution in [3.05, 3.63) is 39.6 Å². The zero-order valence-corrected chi connectivity index (χ0v) is 9.85. The first-order valence-corrected chi connectivity index (χ1v) is 5.31. The van der Waals surface area contributed by atoms with Crippen molar-refractivity contribution in [3.8, 4) is 11.4 Å². The minimum atomic E-state index is 0.691. The van der Waals surface area contributed by atoms with Crippen LogP contribution in [0.3, 0.4) is 0 Å². The van der Waals surface area contributed by atoms with E-state index in [1.54, 1.807) is 6.20 Å². The van der Waals surface area contributed by atoms with E-state index in [-0.39, 0.29) is 0 Å². The van der Waals surface area contributed by atoms with Crippen LogP contribution in [0.15, 0.2) is 28.9 Å². The molecule has 1 heterocycles. The number of aromatic nitrogens is 2. The second kappa shape index (κ2) is 3.75. The van der Waals surface area contributed by atoms with Gasteiger partial charge in [-0.2, -0.15) is 0 Å². The average Bonchev–Trinajstić information content (AvgIpc) is 2.57. The van der Waals surface area contributed by atoms with Crippen LogP contribution >= 0.6 is 27.5 Å². The van der Waals surface area contributed by atoms with Gasteiger partial charge in [0.05, 0.1) is 5.02 Å². The van der Waals surface area contributed by atoms with Crippen LogP contribution in [0.4, 0.5) is 0 Å². The summed E-state index contributed by atoms with van der Waals surface area (Å²) >= 11 is 9.33. The molecule has 0 radical (unpaired) electrons. The SMILES string of the molecule is Cc1cnc(-c2ccc(Br)c(Cl)c2)[nH]1. The Labute approximate surface area is 95.5 Å². The molecule has 2 aromatic rings. The Hall–Kier alpha value is -0.800. The highest BCUT2D eigenvalue weighted by atomic mass is 79.9. The van der Waals surface area contributed by atoms with Gasteiger partial charge in [-0.25, -0.2) is 4.98 Å². The van der Waals surface area contributed by atoms with Crippen molar-refractivity contribution < 1.29 is 0 Å². The molecular formula is C10H8BrClN2. The number of imidazole rings is 1. The molecule has 2 rings (SSSR count). The quantitative estimate of drug-likeness (QED) is 0.839. The molecule has 0 atom stereocenters. The second-order valence-electron chi connectivity index (χ2n) is 3.04. The highest BCUT2D eigenvalue weighted by molar-refractivity contribution is 9.10. The van der Waals surface area contributed by atoms with Crippen LogP contribution in [0.5, 0.6) is 0 Å². The standard InChI is InChI=1S/C10H8BrClN2/c1-6-5-13-10(14-6)7-2-3-8(11)9(12)4-7/h2-5H,1H3,(H,13,14). The van der Waals surface area contributed by atoms with Crippen LogP contribution < -0.4 is 0 Å². The second-order valence-corrected chi connectivity index (χ2v) is 4.31. The third kappa shape index (κ3) is 1.83. The first-order chi connectivity index (χ1) is 6.66. The minimum Gasteiger partial charge on any atom is -0.342 e. The molecule has 0 amide bonds. The van der Waals surface area contributed by atoms with Gasteiger partial charge in [0, 0.05) is 21.9 Å². The topological polar surface area (TPSA) is 28.7 Å². The number of nitrogens with one attached hydrogen (secondary N) is 1. The molecule has 0 saturated heterocycles. The van der Waals surface area contributed by atoms with Gasteiger partial charge in [-0.05, 0) is 35.0 Å². The maximum Gasteiger partial charge on any atom is 0.137 e. The number of halogens is 2. The summed E-state index contributed by atoms with van der Waals surface area (Å²) in [5.74, 6) is 0.844. The summed E-state index contributed by atoms with van der Waals surface area (Å²) in [6.07, 6.45) is 1.80. The number of H-pyrrole nitrogens is 1. The van der Waals surface area contributed by atoms with Crippen LogP contribution in [0.1, 0.15) is 5.69 Å². The van der Waals surface area contributed by atoms with Crippen LogP contribution in [-0.2, 0) is 0 Å². The lowest BCUT2D eigenvalue weighted by molar-refractivity contribution is 1.25. The van der Waals surface area contributed by atoms with Gasteiger partial charge in [-0.3, -0.25) is 0 Å². The first-order valence-electron chi connectivity index (χ1n) is 4.14. The predicted molar refractivity (Wildman–Crippen MR) is 61.5 cm³/mol. The molecule has 72 valence electrons. The molecule has 0 fully saturated rings. The third-order valence-electron chi connectivity index (χ3n) is 1.90. The van der Waals surface area contributed by atoms with Gasteiger partial charge in [-0.1, -0.05) is 17.7 Å². The molecule has 0 bridgehead atoms. The Morgan fingerprint density at radius 3 is 2.79 bits per heavy atom. The Balaban J connectivity index is 2.47. The van der Waals surface area contributed by atoms with Gasteiger partial charge >= 0.3 is 0 Å². The van der Waals surface area contributed by atoms with Crippen LogP contribution in [0.2, 0.25) is 5.02 Å².